The van der Waals surface area contributed by atoms with Crippen molar-refractivity contribution < 1.29 is 17.9 Å². The molecule has 0 saturated carbocycles. The van der Waals surface area contributed by atoms with Crippen molar-refractivity contribution in [1.82, 2.24) is 0 Å². The molecule has 2 aromatic carbocycles. The van der Waals surface area contributed by atoms with Crippen molar-refractivity contribution in [1.29, 1.82) is 0 Å². The van der Waals surface area contributed by atoms with Crippen LogP contribution in [0.4, 0.5) is 17.1 Å². The van der Waals surface area contributed by atoms with Crippen molar-refractivity contribution in [2.24, 2.45) is 0 Å². The number of morpholine rings is 1. The molecule has 1 aliphatic rings. The zero-order valence-electron chi connectivity index (χ0n) is 16.4. The van der Waals surface area contributed by atoms with Crippen LogP contribution in [-0.4, -0.2) is 53.4 Å². The Morgan fingerprint density at radius 1 is 1.17 bits per heavy atom. The summed E-state index contributed by atoms with van der Waals surface area (Å²) in [5.74, 6) is -0.439. The summed E-state index contributed by atoms with van der Waals surface area (Å²) < 4.78 is 30.8. The van der Waals surface area contributed by atoms with Gasteiger partial charge in [0, 0.05) is 29.5 Å². The third kappa shape index (κ3) is 5.62. The quantitative estimate of drug-likeness (QED) is 0.751. The Labute approximate surface area is 176 Å². The maximum atomic E-state index is 12.5. The molecular weight excluding hydrogens is 414 g/mol. The Morgan fingerprint density at radius 3 is 2.41 bits per heavy atom. The van der Waals surface area contributed by atoms with Crippen LogP contribution >= 0.6 is 11.6 Å². The average Bonchev–Trinajstić information content (AvgIpc) is 2.69. The minimum atomic E-state index is -3.66. The summed E-state index contributed by atoms with van der Waals surface area (Å²) >= 11 is 6.12. The number of anilines is 3. The van der Waals surface area contributed by atoms with Gasteiger partial charge in [0.25, 0.3) is 0 Å². The Kier molecular flexibility index (Phi) is 6.66. The molecule has 9 heteroatoms. The lowest BCUT2D eigenvalue weighted by Crippen LogP contribution is -2.37. The molecule has 7 nitrogen and oxygen atoms in total. The van der Waals surface area contributed by atoms with Crippen LogP contribution in [0.15, 0.2) is 42.5 Å². The zero-order valence-corrected chi connectivity index (χ0v) is 18.0. The van der Waals surface area contributed by atoms with E-state index in [4.69, 9.17) is 16.3 Å². The summed E-state index contributed by atoms with van der Waals surface area (Å²) in [6.07, 6.45) is 1.06. The largest absolute Gasteiger partial charge is 0.378 e. The summed E-state index contributed by atoms with van der Waals surface area (Å²) in [6, 6.07) is 12.4. The molecule has 0 spiro atoms. The summed E-state index contributed by atoms with van der Waals surface area (Å²) in [7, 11) is -3.66. The fraction of sp³-hybridized carbons (Fsp3) is 0.350. The number of hydrogen-bond donors (Lipinski definition) is 1. The molecule has 0 radical (unpaired) electrons. The summed E-state index contributed by atoms with van der Waals surface area (Å²) in [6.45, 7) is 4.53. The van der Waals surface area contributed by atoms with Gasteiger partial charge in [0.05, 0.1) is 25.2 Å². The number of nitrogens with one attached hydrogen (secondary N) is 1. The standard InChI is InChI=1S/C20H24ClN3O4S/c1-15-3-6-18(13-19(15)21)24(29(2,26)27)14-20(25)22-16-4-7-17(8-5-16)23-9-11-28-12-10-23/h3-8,13H,9-12,14H2,1-2H3,(H,22,25). The van der Waals surface area contributed by atoms with Crippen molar-refractivity contribution in [3.63, 3.8) is 0 Å². The van der Waals surface area contributed by atoms with Crippen molar-refractivity contribution in [3.8, 4) is 0 Å². The third-order valence-corrected chi connectivity index (χ3v) is 6.21. The second kappa shape index (κ2) is 9.02. The number of rotatable bonds is 6. The molecule has 29 heavy (non-hydrogen) atoms. The predicted octanol–water partition coefficient (Wildman–Crippen LogP) is 2.89. The van der Waals surface area contributed by atoms with Crippen LogP contribution in [0.2, 0.25) is 5.02 Å². The van der Waals surface area contributed by atoms with Crippen molar-refractivity contribution >= 4 is 44.6 Å². The normalized spacial score (nSPS) is 14.5. The molecule has 1 saturated heterocycles. The Balaban J connectivity index is 1.69. The molecule has 1 aliphatic heterocycles. The maximum Gasteiger partial charge on any atom is 0.245 e. The molecule has 0 aromatic heterocycles. The molecule has 0 aliphatic carbocycles. The number of nitrogens with zero attached hydrogens (tertiary/aromatic N) is 2. The fourth-order valence-corrected chi connectivity index (χ4v) is 4.07. The summed E-state index contributed by atoms with van der Waals surface area (Å²) in [5, 5.41) is 3.19. The van der Waals surface area contributed by atoms with E-state index in [1.807, 2.05) is 19.1 Å². The molecule has 0 unspecified atom stereocenters. The number of ether oxygens (including phenoxy) is 1. The van der Waals surface area contributed by atoms with Gasteiger partial charge in [-0.15, -0.1) is 0 Å². The van der Waals surface area contributed by atoms with E-state index in [0.717, 1.165) is 34.9 Å². The average molecular weight is 438 g/mol. The van der Waals surface area contributed by atoms with Gasteiger partial charge in [-0.2, -0.15) is 0 Å². The molecule has 0 atom stereocenters. The minimum Gasteiger partial charge on any atom is -0.378 e. The molecule has 1 fully saturated rings. The molecule has 1 heterocycles. The van der Waals surface area contributed by atoms with Crippen LogP contribution in [0.25, 0.3) is 0 Å². The number of carbonyl (C=O) groups excluding carboxylic acids is 1. The van der Waals surface area contributed by atoms with E-state index in [9.17, 15) is 13.2 Å². The minimum absolute atomic E-state index is 0.344. The fourth-order valence-electron chi connectivity index (χ4n) is 3.04. The molecular formula is C20H24ClN3O4S. The van der Waals surface area contributed by atoms with E-state index in [1.165, 1.54) is 0 Å². The number of benzene rings is 2. The van der Waals surface area contributed by atoms with Gasteiger partial charge in [0.1, 0.15) is 6.54 Å². The highest BCUT2D eigenvalue weighted by Crippen LogP contribution is 2.25. The van der Waals surface area contributed by atoms with E-state index in [2.05, 4.69) is 10.2 Å². The SMILES string of the molecule is Cc1ccc(N(CC(=O)Nc2ccc(N3CCOCC3)cc2)S(C)(=O)=O)cc1Cl. The summed E-state index contributed by atoms with van der Waals surface area (Å²) in [4.78, 5) is 14.7. The van der Waals surface area contributed by atoms with Crippen LogP contribution in [0.3, 0.4) is 0 Å². The molecule has 2 aromatic rings. The van der Waals surface area contributed by atoms with Gasteiger partial charge in [-0.1, -0.05) is 17.7 Å². The zero-order chi connectivity index (χ0) is 21.0. The van der Waals surface area contributed by atoms with Crippen molar-refractivity contribution in [3.05, 3.63) is 53.1 Å². The van der Waals surface area contributed by atoms with E-state index in [0.29, 0.717) is 29.6 Å². The topological polar surface area (TPSA) is 79.0 Å². The lowest BCUT2D eigenvalue weighted by atomic mass is 10.2. The van der Waals surface area contributed by atoms with Gasteiger partial charge in [0.2, 0.25) is 15.9 Å². The van der Waals surface area contributed by atoms with Gasteiger partial charge in [-0.3, -0.25) is 9.10 Å². The highest BCUT2D eigenvalue weighted by molar-refractivity contribution is 7.92. The van der Waals surface area contributed by atoms with E-state index in [1.54, 1.807) is 30.3 Å². The second-order valence-corrected chi connectivity index (χ2v) is 9.21. The van der Waals surface area contributed by atoms with Crippen molar-refractivity contribution in [2.45, 2.75) is 6.92 Å². The second-order valence-electron chi connectivity index (χ2n) is 6.90. The highest BCUT2D eigenvalue weighted by Gasteiger charge is 2.21. The lowest BCUT2D eigenvalue weighted by molar-refractivity contribution is -0.114. The van der Waals surface area contributed by atoms with E-state index in [-0.39, 0.29) is 6.54 Å². The molecule has 3 rings (SSSR count). The molecule has 0 bridgehead atoms. The van der Waals surface area contributed by atoms with Gasteiger partial charge in [-0.25, -0.2) is 8.42 Å². The Bertz CT molecular complexity index is 974. The number of carbonyl (C=O) groups is 1. The molecule has 1 amide bonds. The predicted molar refractivity (Wildman–Crippen MR) is 116 cm³/mol. The first kappa shape index (κ1) is 21.4. The number of hydrogen-bond acceptors (Lipinski definition) is 5. The number of aryl methyl sites for hydroxylation is 1. The first-order valence-electron chi connectivity index (χ1n) is 9.20. The molecule has 156 valence electrons. The number of amides is 1. The van der Waals surface area contributed by atoms with Gasteiger partial charge in [0.15, 0.2) is 0 Å². The first-order chi connectivity index (χ1) is 13.7. The van der Waals surface area contributed by atoms with E-state index >= 15 is 0 Å². The van der Waals surface area contributed by atoms with Gasteiger partial charge in [-0.05, 0) is 48.9 Å². The summed E-state index contributed by atoms with van der Waals surface area (Å²) in [5.41, 5.74) is 2.83. The Morgan fingerprint density at radius 2 is 1.83 bits per heavy atom. The lowest BCUT2D eigenvalue weighted by Gasteiger charge is -2.29. The third-order valence-electron chi connectivity index (χ3n) is 4.66. The van der Waals surface area contributed by atoms with Crippen LogP contribution < -0.4 is 14.5 Å². The first-order valence-corrected chi connectivity index (χ1v) is 11.4. The smallest absolute Gasteiger partial charge is 0.245 e. The molecule has 1 N–H and O–H groups in total. The highest BCUT2D eigenvalue weighted by atomic mass is 35.5. The maximum absolute atomic E-state index is 12.5. The van der Waals surface area contributed by atoms with Gasteiger partial charge < -0.3 is 15.0 Å². The monoisotopic (exact) mass is 437 g/mol. The van der Waals surface area contributed by atoms with Crippen LogP contribution in [0.1, 0.15) is 5.56 Å². The van der Waals surface area contributed by atoms with Gasteiger partial charge >= 0.3 is 0 Å². The van der Waals surface area contributed by atoms with Crippen LogP contribution in [0, 0.1) is 6.92 Å². The van der Waals surface area contributed by atoms with Crippen molar-refractivity contribution in [2.75, 3.05) is 53.6 Å². The Hall–Kier alpha value is -2.29. The van der Waals surface area contributed by atoms with E-state index < -0.39 is 15.9 Å². The number of sulfonamides is 1. The number of halogens is 1. The van der Waals surface area contributed by atoms with Crippen LogP contribution in [-0.2, 0) is 19.6 Å². The van der Waals surface area contributed by atoms with Crippen LogP contribution in [0.5, 0.6) is 0 Å².